The lowest BCUT2D eigenvalue weighted by atomic mass is 10.1. The van der Waals surface area contributed by atoms with Crippen molar-refractivity contribution in [3.8, 4) is 11.5 Å². The minimum absolute atomic E-state index is 0.206. The predicted octanol–water partition coefficient (Wildman–Crippen LogP) is 2.56. The molecule has 0 bridgehead atoms. The van der Waals surface area contributed by atoms with Gasteiger partial charge in [-0.25, -0.2) is 0 Å². The van der Waals surface area contributed by atoms with E-state index in [0.29, 0.717) is 28.4 Å². The number of aryl methyl sites for hydroxylation is 1. The Morgan fingerprint density at radius 3 is 2.75 bits per heavy atom. The van der Waals surface area contributed by atoms with Gasteiger partial charge < -0.3 is 20.5 Å². The minimum Gasteiger partial charge on any atom is -0.454 e. The Kier molecular flexibility index (Phi) is 2.95. The molecule has 3 N–H and O–H groups in total. The van der Waals surface area contributed by atoms with Crippen LogP contribution in [0.5, 0.6) is 11.5 Å². The molecule has 0 radical (unpaired) electrons. The molecule has 1 amide bonds. The summed E-state index contributed by atoms with van der Waals surface area (Å²) < 4.78 is 10.5. The van der Waals surface area contributed by atoms with E-state index in [2.05, 4.69) is 5.32 Å². The van der Waals surface area contributed by atoms with E-state index >= 15 is 0 Å². The number of nitrogens with one attached hydrogen (secondary N) is 1. The van der Waals surface area contributed by atoms with Crippen LogP contribution in [0.1, 0.15) is 15.9 Å². The summed E-state index contributed by atoms with van der Waals surface area (Å²) in [5.41, 5.74) is 8.43. The number of ether oxygens (including phenoxy) is 2. The molecule has 5 nitrogen and oxygen atoms in total. The van der Waals surface area contributed by atoms with Crippen molar-refractivity contribution in [1.29, 1.82) is 0 Å². The van der Waals surface area contributed by atoms with Gasteiger partial charge in [-0.05, 0) is 36.8 Å². The summed E-state index contributed by atoms with van der Waals surface area (Å²) >= 11 is 0. The number of fused-ring (bicyclic) bond motifs is 1. The zero-order chi connectivity index (χ0) is 14.1. The Labute approximate surface area is 116 Å². The highest BCUT2D eigenvalue weighted by Crippen LogP contribution is 2.34. The average Bonchev–Trinajstić information content (AvgIpc) is 2.85. The van der Waals surface area contributed by atoms with E-state index in [9.17, 15) is 4.79 Å². The minimum atomic E-state index is -0.249. The summed E-state index contributed by atoms with van der Waals surface area (Å²) in [6, 6.07) is 10.6. The second kappa shape index (κ2) is 4.77. The first-order valence-corrected chi connectivity index (χ1v) is 6.20. The van der Waals surface area contributed by atoms with Crippen LogP contribution in [0.2, 0.25) is 0 Å². The SMILES string of the molecule is Cc1ccc(C(=O)Nc2ccc3c(c2)OCO3)c(N)c1. The fraction of sp³-hybridized carbons (Fsp3) is 0.133. The van der Waals surface area contributed by atoms with Gasteiger partial charge in [0.2, 0.25) is 6.79 Å². The molecule has 1 heterocycles. The molecular formula is C15H14N2O3. The molecule has 20 heavy (non-hydrogen) atoms. The molecule has 2 aromatic carbocycles. The number of rotatable bonds is 2. The lowest BCUT2D eigenvalue weighted by Crippen LogP contribution is -2.14. The van der Waals surface area contributed by atoms with Gasteiger partial charge in [0.25, 0.3) is 5.91 Å². The number of hydrogen-bond donors (Lipinski definition) is 2. The molecule has 0 saturated carbocycles. The van der Waals surface area contributed by atoms with Crippen LogP contribution in [0.4, 0.5) is 11.4 Å². The topological polar surface area (TPSA) is 73.6 Å². The number of amides is 1. The number of anilines is 2. The second-order valence-corrected chi connectivity index (χ2v) is 4.61. The van der Waals surface area contributed by atoms with Gasteiger partial charge in [0.05, 0.1) is 5.56 Å². The second-order valence-electron chi connectivity index (χ2n) is 4.61. The number of carbonyl (C=O) groups is 1. The van der Waals surface area contributed by atoms with Crippen LogP contribution in [0.3, 0.4) is 0 Å². The molecule has 5 heteroatoms. The number of benzene rings is 2. The lowest BCUT2D eigenvalue weighted by molar-refractivity contribution is 0.102. The van der Waals surface area contributed by atoms with Gasteiger partial charge in [-0.1, -0.05) is 6.07 Å². The monoisotopic (exact) mass is 270 g/mol. The highest BCUT2D eigenvalue weighted by molar-refractivity contribution is 6.07. The van der Waals surface area contributed by atoms with Crippen LogP contribution >= 0.6 is 0 Å². The van der Waals surface area contributed by atoms with Crippen molar-refractivity contribution in [3.05, 3.63) is 47.5 Å². The zero-order valence-electron chi connectivity index (χ0n) is 11.0. The molecule has 0 fully saturated rings. The van der Waals surface area contributed by atoms with E-state index in [0.717, 1.165) is 5.56 Å². The van der Waals surface area contributed by atoms with Crippen LogP contribution in [0.25, 0.3) is 0 Å². The summed E-state index contributed by atoms with van der Waals surface area (Å²) in [6.45, 7) is 2.13. The quantitative estimate of drug-likeness (QED) is 0.822. The van der Waals surface area contributed by atoms with E-state index in [1.54, 1.807) is 30.3 Å². The van der Waals surface area contributed by atoms with Crippen molar-refractivity contribution in [1.82, 2.24) is 0 Å². The molecule has 102 valence electrons. The predicted molar refractivity (Wildman–Crippen MR) is 76.1 cm³/mol. The highest BCUT2D eigenvalue weighted by atomic mass is 16.7. The van der Waals surface area contributed by atoms with E-state index < -0.39 is 0 Å². The van der Waals surface area contributed by atoms with Crippen LogP contribution in [0, 0.1) is 6.92 Å². The summed E-state index contributed by atoms with van der Waals surface area (Å²) in [7, 11) is 0. The highest BCUT2D eigenvalue weighted by Gasteiger charge is 2.15. The fourth-order valence-electron chi connectivity index (χ4n) is 2.06. The molecule has 0 atom stereocenters. The van der Waals surface area contributed by atoms with Gasteiger partial charge >= 0.3 is 0 Å². The number of nitrogens with two attached hydrogens (primary N) is 1. The molecule has 3 rings (SSSR count). The maximum atomic E-state index is 12.2. The van der Waals surface area contributed by atoms with Gasteiger partial charge in [0, 0.05) is 17.4 Å². The Balaban J connectivity index is 1.82. The molecule has 0 saturated heterocycles. The smallest absolute Gasteiger partial charge is 0.257 e. The molecule has 1 aliphatic heterocycles. The van der Waals surface area contributed by atoms with Crippen molar-refractivity contribution in [3.63, 3.8) is 0 Å². The van der Waals surface area contributed by atoms with Crippen molar-refractivity contribution in [2.24, 2.45) is 0 Å². The Hall–Kier alpha value is -2.69. The zero-order valence-corrected chi connectivity index (χ0v) is 11.0. The van der Waals surface area contributed by atoms with Crippen molar-refractivity contribution in [2.45, 2.75) is 6.92 Å². The van der Waals surface area contributed by atoms with Crippen LogP contribution in [-0.2, 0) is 0 Å². The van der Waals surface area contributed by atoms with Crippen molar-refractivity contribution < 1.29 is 14.3 Å². The van der Waals surface area contributed by atoms with Gasteiger partial charge in [-0.2, -0.15) is 0 Å². The first-order chi connectivity index (χ1) is 9.63. The molecular weight excluding hydrogens is 256 g/mol. The van der Waals surface area contributed by atoms with Crippen LogP contribution in [0.15, 0.2) is 36.4 Å². The number of carbonyl (C=O) groups excluding carboxylic acids is 1. The molecule has 0 spiro atoms. The molecule has 0 aliphatic carbocycles. The summed E-state index contributed by atoms with van der Waals surface area (Å²) in [5, 5.41) is 2.79. The van der Waals surface area contributed by atoms with Crippen molar-refractivity contribution in [2.75, 3.05) is 17.8 Å². The standard InChI is InChI=1S/C15H14N2O3/c1-9-2-4-11(12(16)6-9)15(18)17-10-3-5-13-14(7-10)20-8-19-13/h2-7H,8,16H2,1H3,(H,17,18). The average molecular weight is 270 g/mol. The summed E-state index contributed by atoms with van der Waals surface area (Å²) in [6.07, 6.45) is 0. The van der Waals surface area contributed by atoms with E-state index in [1.165, 1.54) is 0 Å². The molecule has 1 aliphatic rings. The largest absolute Gasteiger partial charge is 0.454 e. The van der Waals surface area contributed by atoms with Gasteiger partial charge in [0.15, 0.2) is 11.5 Å². The molecule has 0 unspecified atom stereocenters. The van der Waals surface area contributed by atoms with Crippen LogP contribution < -0.4 is 20.5 Å². The first-order valence-electron chi connectivity index (χ1n) is 6.20. The van der Waals surface area contributed by atoms with E-state index in [1.807, 2.05) is 13.0 Å². The lowest BCUT2D eigenvalue weighted by Gasteiger charge is -2.08. The molecule has 2 aromatic rings. The third-order valence-corrected chi connectivity index (χ3v) is 3.08. The third kappa shape index (κ3) is 2.25. The maximum Gasteiger partial charge on any atom is 0.257 e. The fourth-order valence-corrected chi connectivity index (χ4v) is 2.06. The first kappa shape index (κ1) is 12.3. The van der Waals surface area contributed by atoms with Gasteiger partial charge in [-0.15, -0.1) is 0 Å². The Bertz CT molecular complexity index is 683. The van der Waals surface area contributed by atoms with E-state index in [-0.39, 0.29) is 12.7 Å². The Morgan fingerprint density at radius 1 is 1.15 bits per heavy atom. The summed E-state index contributed by atoms with van der Waals surface area (Å²) in [5.74, 6) is 1.05. The summed E-state index contributed by atoms with van der Waals surface area (Å²) in [4.78, 5) is 12.2. The third-order valence-electron chi connectivity index (χ3n) is 3.08. The van der Waals surface area contributed by atoms with Crippen LogP contribution in [-0.4, -0.2) is 12.7 Å². The number of nitrogen functional groups attached to an aromatic ring is 1. The number of hydrogen-bond acceptors (Lipinski definition) is 4. The Morgan fingerprint density at radius 2 is 1.95 bits per heavy atom. The normalized spacial score (nSPS) is 12.2. The van der Waals surface area contributed by atoms with Crippen molar-refractivity contribution >= 4 is 17.3 Å². The van der Waals surface area contributed by atoms with Gasteiger partial charge in [-0.3, -0.25) is 4.79 Å². The van der Waals surface area contributed by atoms with Gasteiger partial charge in [0.1, 0.15) is 0 Å². The maximum absolute atomic E-state index is 12.2. The van der Waals surface area contributed by atoms with E-state index in [4.69, 9.17) is 15.2 Å². The molecule has 0 aromatic heterocycles.